The smallest absolute Gasteiger partial charge is 0.145 e. The van der Waals surface area contributed by atoms with Crippen LogP contribution in [0.1, 0.15) is 12.5 Å². The number of aryl methyl sites for hydroxylation is 1. The monoisotopic (exact) mass is 231 g/mol. The standard InChI is InChI=1S/C13H17N3O/c1-2-11-4-3-5-12(10-11)17-9-8-16-7-6-13(14)15-16/h3-7,10H,2,8-9H2,1H3,(H2,14,15). The summed E-state index contributed by atoms with van der Waals surface area (Å²) in [4.78, 5) is 0. The number of nitrogens with zero attached hydrogens (tertiary/aromatic N) is 2. The summed E-state index contributed by atoms with van der Waals surface area (Å²) in [5, 5.41) is 4.09. The number of nitrogens with two attached hydrogens (primary N) is 1. The second-order valence-corrected chi connectivity index (χ2v) is 3.85. The molecule has 0 fully saturated rings. The van der Waals surface area contributed by atoms with E-state index in [2.05, 4.69) is 24.2 Å². The third-order valence-corrected chi connectivity index (χ3v) is 2.56. The Kier molecular flexibility index (Phi) is 3.65. The van der Waals surface area contributed by atoms with Gasteiger partial charge < -0.3 is 10.5 Å². The van der Waals surface area contributed by atoms with Crippen LogP contribution in [-0.4, -0.2) is 16.4 Å². The molecule has 0 bridgehead atoms. The van der Waals surface area contributed by atoms with Gasteiger partial charge >= 0.3 is 0 Å². The van der Waals surface area contributed by atoms with Gasteiger partial charge in [0.25, 0.3) is 0 Å². The number of rotatable bonds is 5. The normalized spacial score (nSPS) is 10.4. The Bertz CT molecular complexity index is 479. The molecule has 1 aromatic carbocycles. The SMILES string of the molecule is CCc1cccc(OCCn2ccc(N)n2)c1. The number of hydrogen-bond acceptors (Lipinski definition) is 3. The van der Waals surface area contributed by atoms with Gasteiger partial charge in [-0.15, -0.1) is 0 Å². The third kappa shape index (κ3) is 3.24. The lowest BCUT2D eigenvalue weighted by Gasteiger charge is -2.07. The first kappa shape index (κ1) is 11.5. The van der Waals surface area contributed by atoms with Crippen molar-refractivity contribution < 1.29 is 4.74 Å². The lowest BCUT2D eigenvalue weighted by Crippen LogP contribution is -2.09. The fourth-order valence-electron chi connectivity index (χ4n) is 1.61. The molecule has 17 heavy (non-hydrogen) atoms. The summed E-state index contributed by atoms with van der Waals surface area (Å²) in [6.07, 6.45) is 2.87. The molecule has 0 amide bonds. The van der Waals surface area contributed by atoms with Crippen LogP contribution in [0, 0.1) is 0 Å². The maximum atomic E-state index is 5.66. The first-order valence-electron chi connectivity index (χ1n) is 5.78. The molecule has 1 aromatic heterocycles. The van der Waals surface area contributed by atoms with Gasteiger partial charge in [-0.2, -0.15) is 5.10 Å². The number of anilines is 1. The molecule has 0 atom stereocenters. The Morgan fingerprint density at radius 1 is 1.35 bits per heavy atom. The van der Waals surface area contributed by atoms with Crippen LogP contribution < -0.4 is 10.5 Å². The summed E-state index contributed by atoms with van der Waals surface area (Å²) in [5.41, 5.74) is 6.81. The van der Waals surface area contributed by atoms with Crippen LogP contribution in [0.2, 0.25) is 0 Å². The maximum absolute atomic E-state index is 5.66. The van der Waals surface area contributed by atoms with E-state index in [1.54, 1.807) is 10.7 Å². The first-order valence-corrected chi connectivity index (χ1v) is 5.78. The fraction of sp³-hybridized carbons (Fsp3) is 0.308. The minimum absolute atomic E-state index is 0.540. The Morgan fingerprint density at radius 2 is 2.24 bits per heavy atom. The Morgan fingerprint density at radius 3 is 2.94 bits per heavy atom. The molecular weight excluding hydrogens is 214 g/mol. The van der Waals surface area contributed by atoms with Crippen LogP contribution in [-0.2, 0) is 13.0 Å². The van der Waals surface area contributed by atoms with Gasteiger partial charge in [-0.1, -0.05) is 19.1 Å². The predicted octanol–water partition coefficient (Wildman–Crippen LogP) is 2.11. The van der Waals surface area contributed by atoms with Crippen LogP contribution in [0.4, 0.5) is 5.82 Å². The summed E-state index contributed by atoms with van der Waals surface area (Å²) < 4.78 is 7.44. The van der Waals surface area contributed by atoms with Crippen molar-refractivity contribution >= 4 is 5.82 Å². The number of hydrogen-bond donors (Lipinski definition) is 1. The molecule has 2 rings (SSSR count). The highest BCUT2D eigenvalue weighted by Crippen LogP contribution is 2.13. The number of aromatic nitrogens is 2. The highest BCUT2D eigenvalue weighted by Gasteiger charge is 1.97. The molecule has 0 unspecified atom stereocenters. The summed E-state index contributed by atoms with van der Waals surface area (Å²) in [6, 6.07) is 9.92. The molecule has 4 nitrogen and oxygen atoms in total. The molecule has 0 aliphatic carbocycles. The number of ether oxygens (including phenoxy) is 1. The van der Waals surface area contributed by atoms with Crippen LogP contribution in [0.15, 0.2) is 36.5 Å². The van der Waals surface area contributed by atoms with E-state index >= 15 is 0 Å². The summed E-state index contributed by atoms with van der Waals surface area (Å²) in [5.74, 6) is 1.45. The fourth-order valence-corrected chi connectivity index (χ4v) is 1.61. The second-order valence-electron chi connectivity index (χ2n) is 3.85. The molecule has 0 radical (unpaired) electrons. The van der Waals surface area contributed by atoms with E-state index < -0.39 is 0 Å². The molecule has 4 heteroatoms. The maximum Gasteiger partial charge on any atom is 0.145 e. The molecule has 0 spiro atoms. The summed E-state index contributed by atoms with van der Waals surface area (Å²) in [6.45, 7) is 3.42. The van der Waals surface area contributed by atoms with E-state index in [1.165, 1.54) is 5.56 Å². The summed E-state index contributed by atoms with van der Waals surface area (Å²) >= 11 is 0. The van der Waals surface area contributed by atoms with E-state index in [0.29, 0.717) is 19.0 Å². The first-order chi connectivity index (χ1) is 8.28. The van der Waals surface area contributed by atoms with Gasteiger partial charge in [0.1, 0.15) is 18.2 Å². The van der Waals surface area contributed by atoms with Gasteiger partial charge in [0.05, 0.1) is 6.54 Å². The zero-order valence-corrected chi connectivity index (χ0v) is 9.97. The summed E-state index contributed by atoms with van der Waals surface area (Å²) in [7, 11) is 0. The average molecular weight is 231 g/mol. The minimum atomic E-state index is 0.540. The van der Waals surface area contributed by atoms with Crippen molar-refractivity contribution in [1.82, 2.24) is 9.78 Å². The molecule has 0 aliphatic rings. The van der Waals surface area contributed by atoms with Crippen molar-refractivity contribution in [2.24, 2.45) is 0 Å². The molecule has 90 valence electrons. The highest BCUT2D eigenvalue weighted by molar-refractivity contribution is 5.28. The van der Waals surface area contributed by atoms with Crippen LogP contribution in [0.5, 0.6) is 5.75 Å². The minimum Gasteiger partial charge on any atom is -0.492 e. The lowest BCUT2D eigenvalue weighted by molar-refractivity contribution is 0.291. The number of benzene rings is 1. The molecule has 2 N–H and O–H groups in total. The van der Waals surface area contributed by atoms with Gasteiger partial charge in [-0.25, -0.2) is 0 Å². The Labute approximate surface area is 101 Å². The zero-order valence-electron chi connectivity index (χ0n) is 9.97. The van der Waals surface area contributed by atoms with Crippen molar-refractivity contribution in [2.75, 3.05) is 12.3 Å². The lowest BCUT2D eigenvalue weighted by atomic mass is 10.2. The third-order valence-electron chi connectivity index (χ3n) is 2.56. The van der Waals surface area contributed by atoms with E-state index in [4.69, 9.17) is 10.5 Å². The molecule has 2 aromatic rings. The van der Waals surface area contributed by atoms with Gasteiger partial charge in [0.15, 0.2) is 0 Å². The van der Waals surface area contributed by atoms with Gasteiger partial charge in [0, 0.05) is 6.20 Å². The highest BCUT2D eigenvalue weighted by atomic mass is 16.5. The van der Waals surface area contributed by atoms with Gasteiger partial charge in [0.2, 0.25) is 0 Å². The molecule has 0 saturated heterocycles. The molecule has 0 saturated carbocycles. The molecule has 1 heterocycles. The van der Waals surface area contributed by atoms with Crippen molar-refractivity contribution in [3.63, 3.8) is 0 Å². The topological polar surface area (TPSA) is 53.1 Å². The Balaban J connectivity index is 1.85. The van der Waals surface area contributed by atoms with Crippen LogP contribution >= 0.6 is 0 Å². The van der Waals surface area contributed by atoms with Crippen molar-refractivity contribution in [3.05, 3.63) is 42.1 Å². The Hall–Kier alpha value is -1.97. The van der Waals surface area contributed by atoms with E-state index in [1.807, 2.05) is 18.3 Å². The average Bonchev–Trinajstić information content (AvgIpc) is 2.75. The van der Waals surface area contributed by atoms with Gasteiger partial charge in [-0.05, 0) is 30.2 Å². The van der Waals surface area contributed by atoms with E-state index in [9.17, 15) is 0 Å². The largest absolute Gasteiger partial charge is 0.492 e. The van der Waals surface area contributed by atoms with Crippen LogP contribution in [0.3, 0.4) is 0 Å². The second kappa shape index (κ2) is 5.39. The van der Waals surface area contributed by atoms with Crippen LogP contribution in [0.25, 0.3) is 0 Å². The van der Waals surface area contributed by atoms with E-state index in [0.717, 1.165) is 12.2 Å². The molecule has 0 aliphatic heterocycles. The van der Waals surface area contributed by atoms with Crippen molar-refractivity contribution in [2.45, 2.75) is 19.9 Å². The van der Waals surface area contributed by atoms with Crippen molar-refractivity contribution in [1.29, 1.82) is 0 Å². The van der Waals surface area contributed by atoms with Crippen molar-refractivity contribution in [3.8, 4) is 5.75 Å². The predicted molar refractivity (Wildman–Crippen MR) is 68.0 cm³/mol. The quantitative estimate of drug-likeness (QED) is 0.857. The van der Waals surface area contributed by atoms with E-state index in [-0.39, 0.29) is 0 Å². The molecular formula is C13H17N3O. The van der Waals surface area contributed by atoms with Gasteiger partial charge in [-0.3, -0.25) is 4.68 Å². The number of nitrogen functional groups attached to an aromatic ring is 1. The zero-order chi connectivity index (χ0) is 12.1.